The van der Waals surface area contributed by atoms with Gasteiger partial charge in [0.05, 0.1) is 30.7 Å². The molecular weight excluding hydrogens is 396 g/mol. The SMILES string of the molecule is CC(CCSC1OC2(O)C(CO)C(O)C(O)C12)CC(C)NC(=O)c1ccccn1. The van der Waals surface area contributed by atoms with E-state index in [2.05, 4.69) is 17.2 Å². The number of thioether (sulfide) groups is 1. The van der Waals surface area contributed by atoms with Crippen LogP contribution in [0.3, 0.4) is 0 Å². The molecule has 2 heterocycles. The summed E-state index contributed by atoms with van der Waals surface area (Å²) in [5.41, 5.74) is -0.00893. The molecule has 0 radical (unpaired) electrons. The summed E-state index contributed by atoms with van der Waals surface area (Å²) in [6.45, 7) is 3.63. The monoisotopic (exact) mass is 426 g/mol. The number of aliphatic hydroxyl groups is 4. The lowest BCUT2D eigenvalue weighted by molar-refractivity contribution is -0.355. The minimum absolute atomic E-state index is 0.00617. The van der Waals surface area contributed by atoms with Crippen LogP contribution in [0.2, 0.25) is 0 Å². The van der Waals surface area contributed by atoms with E-state index in [1.165, 1.54) is 11.8 Å². The van der Waals surface area contributed by atoms with Crippen LogP contribution in [-0.2, 0) is 4.74 Å². The van der Waals surface area contributed by atoms with E-state index in [-0.39, 0.29) is 11.9 Å². The third-order valence-electron chi connectivity index (χ3n) is 5.86. The van der Waals surface area contributed by atoms with Crippen LogP contribution in [0.5, 0.6) is 0 Å². The number of hydrogen-bond donors (Lipinski definition) is 5. The summed E-state index contributed by atoms with van der Waals surface area (Å²) in [4.78, 5) is 16.2. The first kappa shape index (κ1) is 22.5. The fraction of sp³-hybridized carbons (Fsp3) is 0.700. The summed E-state index contributed by atoms with van der Waals surface area (Å²) in [7, 11) is 0. The molecule has 3 rings (SSSR count). The van der Waals surface area contributed by atoms with Crippen molar-refractivity contribution >= 4 is 17.7 Å². The molecule has 8 atom stereocenters. The van der Waals surface area contributed by atoms with Crippen molar-refractivity contribution in [2.75, 3.05) is 12.4 Å². The van der Waals surface area contributed by atoms with Gasteiger partial charge in [-0.25, -0.2) is 0 Å². The van der Waals surface area contributed by atoms with Gasteiger partial charge in [0.2, 0.25) is 0 Å². The van der Waals surface area contributed by atoms with E-state index in [0.29, 0.717) is 11.6 Å². The van der Waals surface area contributed by atoms with E-state index in [1.54, 1.807) is 24.4 Å². The molecule has 0 aromatic carbocycles. The van der Waals surface area contributed by atoms with Gasteiger partial charge in [0.1, 0.15) is 11.1 Å². The first-order chi connectivity index (χ1) is 13.8. The highest BCUT2D eigenvalue weighted by molar-refractivity contribution is 7.99. The lowest BCUT2D eigenvalue weighted by Gasteiger charge is -2.49. The Morgan fingerprint density at radius 3 is 2.76 bits per heavy atom. The zero-order valence-corrected chi connectivity index (χ0v) is 17.5. The second-order valence-electron chi connectivity index (χ2n) is 8.12. The highest BCUT2D eigenvalue weighted by Crippen LogP contribution is 2.55. The summed E-state index contributed by atoms with van der Waals surface area (Å²) in [6, 6.07) is 5.23. The van der Waals surface area contributed by atoms with Gasteiger partial charge in [-0.05, 0) is 43.6 Å². The maximum atomic E-state index is 12.2. The van der Waals surface area contributed by atoms with E-state index in [1.807, 2.05) is 6.92 Å². The predicted molar refractivity (Wildman–Crippen MR) is 108 cm³/mol. The van der Waals surface area contributed by atoms with Gasteiger partial charge < -0.3 is 30.5 Å². The molecule has 1 aliphatic heterocycles. The average Bonchev–Trinajstić information content (AvgIpc) is 2.81. The number of hydrogen-bond acceptors (Lipinski definition) is 8. The number of pyridine rings is 1. The van der Waals surface area contributed by atoms with Gasteiger partial charge in [0.25, 0.3) is 5.91 Å². The van der Waals surface area contributed by atoms with Crippen molar-refractivity contribution in [2.24, 2.45) is 17.8 Å². The molecule has 162 valence electrons. The van der Waals surface area contributed by atoms with Crippen LogP contribution in [0.15, 0.2) is 24.4 Å². The number of rotatable bonds is 9. The summed E-state index contributed by atoms with van der Waals surface area (Å²) >= 11 is 1.49. The summed E-state index contributed by atoms with van der Waals surface area (Å²) in [5, 5.41) is 42.9. The standard InChI is InChI=1S/C20H30N2O6S/c1-11(9-12(2)22-18(26)14-5-3-4-7-21-14)6-8-29-19-15-17(25)16(24)13(10-23)20(15,27)28-19/h3-5,7,11-13,15-17,19,23-25,27H,6,8-10H2,1-2H3,(H,22,26). The smallest absolute Gasteiger partial charge is 0.270 e. The highest BCUT2D eigenvalue weighted by Gasteiger charge is 2.70. The molecule has 0 spiro atoms. The largest absolute Gasteiger partial charge is 0.396 e. The minimum atomic E-state index is -1.65. The molecule has 0 bridgehead atoms. The Kier molecular flexibility index (Phi) is 7.19. The Hall–Kier alpha value is -1.23. The van der Waals surface area contributed by atoms with E-state index in [4.69, 9.17) is 4.74 Å². The number of carbonyl (C=O) groups excluding carboxylic acids is 1. The fourth-order valence-electron chi connectivity index (χ4n) is 4.23. The minimum Gasteiger partial charge on any atom is -0.396 e. The second-order valence-corrected chi connectivity index (χ2v) is 9.33. The van der Waals surface area contributed by atoms with Crippen molar-refractivity contribution in [3.05, 3.63) is 30.1 Å². The van der Waals surface area contributed by atoms with Gasteiger partial charge in [-0.2, -0.15) is 0 Å². The van der Waals surface area contributed by atoms with Crippen molar-refractivity contribution in [1.82, 2.24) is 10.3 Å². The molecule has 1 aliphatic carbocycles. The van der Waals surface area contributed by atoms with Crippen molar-refractivity contribution in [3.63, 3.8) is 0 Å². The Balaban J connectivity index is 1.38. The molecule has 2 fully saturated rings. The number of ether oxygens (including phenoxy) is 1. The van der Waals surface area contributed by atoms with Gasteiger partial charge in [-0.3, -0.25) is 9.78 Å². The van der Waals surface area contributed by atoms with E-state index in [0.717, 1.165) is 18.6 Å². The molecule has 29 heavy (non-hydrogen) atoms. The summed E-state index contributed by atoms with van der Waals surface area (Å²) < 4.78 is 5.53. The average molecular weight is 427 g/mol. The lowest BCUT2D eigenvalue weighted by Crippen LogP contribution is -2.61. The Bertz CT molecular complexity index is 695. The van der Waals surface area contributed by atoms with Crippen molar-refractivity contribution in [2.45, 2.75) is 56.2 Å². The second kappa shape index (κ2) is 9.28. The molecule has 8 unspecified atom stereocenters. The Morgan fingerprint density at radius 1 is 1.34 bits per heavy atom. The number of amides is 1. The first-order valence-corrected chi connectivity index (χ1v) is 11.0. The maximum absolute atomic E-state index is 12.2. The summed E-state index contributed by atoms with van der Waals surface area (Å²) in [5.74, 6) is -2.22. The molecule has 1 aromatic rings. The van der Waals surface area contributed by atoms with Crippen molar-refractivity contribution in [3.8, 4) is 0 Å². The Morgan fingerprint density at radius 2 is 2.10 bits per heavy atom. The van der Waals surface area contributed by atoms with Crippen LogP contribution in [-0.4, -0.2) is 73.1 Å². The highest BCUT2D eigenvalue weighted by atomic mass is 32.2. The third-order valence-corrected chi connectivity index (χ3v) is 7.05. The zero-order chi connectivity index (χ0) is 21.2. The maximum Gasteiger partial charge on any atom is 0.270 e. The molecule has 5 N–H and O–H groups in total. The molecule has 9 heteroatoms. The van der Waals surface area contributed by atoms with Gasteiger partial charge in [-0.1, -0.05) is 13.0 Å². The third kappa shape index (κ3) is 4.60. The molecule has 1 saturated heterocycles. The van der Waals surface area contributed by atoms with Crippen molar-refractivity contribution < 1.29 is 30.0 Å². The number of carbonyl (C=O) groups is 1. The number of nitrogens with zero attached hydrogens (tertiary/aromatic N) is 1. The number of aromatic nitrogens is 1. The van der Waals surface area contributed by atoms with E-state index < -0.39 is 41.9 Å². The van der Waals surface area contributed by atoms with Crippen LogP contribution in [0, 0.1) is 17.8 Å². The Labute approximate surface area is 174 Å². The fourth-order valence-corrected chi connectivity index (χ4v) is 5.79. The molecule has 1 aromatic heterocycles. The zero-order valence-electron chi connectivity index (χ0n) is 16.6. The lowest BCUT2D eigenvalue weighted by atomic mass is 9.91. The van der Waals surface area contributed by atoms with Gasteiger partial charge in [0.15, 0.2) is 5.79 Å². The van der Waals surface area contributed by atoms with E-state index >= 15 is 0 Å². The number of nitrogens with one attached hydrogen (secondary N) is 1. The van der Waals surface area contributed by atoms with Crippen LogP contribution >= 0.6 is 11.8 Å². The van der Waals surface area contributed by atoms with Crippen molar-refractivity contribution in [1.29, 1.82) is 0 Å². The first-order valence-electron chi connectivity index (χ1n) is 9.98. The van der Waals surface area contributed by atoms with Gasteiger partial charge in [0, 0.05) is 12.2 Å². The van der Waals surface area contributed by atoms with Crippen LogP contribution in [0.25, 0.3) is 0 Å². The quantitative estimate of drug-likeness (QED) is 0.382. The number of fused-ring (bicyclic) bond motifs is 1. The molecule has 2 aliphatic rings. The van der Waals surface area contributed by atoms with Gasteiger partial charge >= 0.3 is 0 Å². The molecule has 1 saturated carbocycles. The molecule has 1 amide bonds. The normalized spacial score (nSPS) is 35.4. The topological polar surface area (TPSA) is 132 Å². The van der Waals surface area contributed by atoms with Crippen LogP contribution in [0.4, 0.5) is 0 Å². The summed E-state index contributed by atoms with van der Waals surface area (Å²) in [6.07, 6.45) is 0.977. The number of aliphatic hydroxyl groups excluding tert-OH is 3. The predicted octanol–water partition coefficient (Wildman–Crippen LogP) is 0.354. The van der Waals surface area contributed by atoms with Crippen LogP contribution in [0.1, 0.15) is 37.2 Å². The van der Waals surface area contributed by atoms with Gasteiger partial charge in [-0.15, -0.1) is 11.8 Å². The molecule has 8 nitrogen and oxygen atoms in total. The van der Waals surface area contributed by atoms with Crippen LogP contribution < -0.4 is 5.32 Å². The van der Waals surface area contributed by atoms with E-state index in [9.17, 15) is 25.2 Å². The molecular formula is C20H30N2O6S.